The number of nitrogens with one attached hydrogen (secondary N) is 1. The van der Waals surface area contributed by atoms with E-state index in [4.69, 9.17) is 4.74 Å². The van der Waals surface area contributed by atoms with Crippen LogP contribution in [0.4, 0.5) is 0 Å². The second-order valence-corrected chi connectivity index (χ2v) is 8.23. The predicted molar refractivity (Wildman–Crippen MR) is 114 cm³/mol. The Bertz CT molecular complexity index is 824. The lowest BCUT2D eigenvalue weighted by Crippen LogP contribution is -2.52. The zero-order valence-electron chi connectivity index (χ0n) is 17.7. The molecule has 0 saturated carbocycles. The zero-order chi connectivity index (χ0) is 20.3. The van der Waals surface area contributed by atoms with Gasteiger partial charge in [0.1, 0.15) is 5.75 Å². The summed E-state index contributed by atoms with van der Waals surface area (Å²) in [5.74, 6) is 0.774. The minimum atomic E-state index is -0.178. The molecule has 2 aromatic rings. The molecule has 1 unspecified atom stereocenters. The molecule has 1 N–H and O–H groups in total. The van der Waals surface area contributed by atoms with E-state index >= 15 is 0 Å². The highest BCUT2D eigenvalue weighted by atomic mass is 16.5. The summed E-state index contributed by atoms with van der Waals surface area (Å²) in [6.07, 6.45) is 2.44. The Balaban J connectivity index is 1.94. The summed E-state index contributed by atoms with van der Waals surface area (Å²) in [6.45, 7) is 10.6. The fraction of sp³-hybridized carbons (Fsp3) is 0.458. The van der Waals surface area contributed by atoms with Gasteiger partial charge in [0.25, 0.3) is 5.91 Å². The fourth-order valence-electron chi connectivity index (χ4n) is 4.26. The van der Waals surface area contributed by atoms with Crippen LogP contribution in [0.15, 0.2) is 42.5 Å². The molecular weight excluding hydrogens is 348 g/mol. The van der Waals surface area contributed by atoms with Crippen LogP contribution in [0.2, 0.25) is 0 Å². The molecule has 4 nitrogen and oxygen atoms in total. The summed E-state index contributed by atoms with van der Waals surface area (Å²) in [4.78, 5) is 15.8. The number of carbonyl (C=O) groups is 1. The van der Waals surface area contributed by atoms with Gasteiger partial charge in [0.2, 0.25) is 0 Å². The normalized spacial score (nSPS) is 16.0. The lowest BCUT2D eigenvalue weighted by molar-refractivity contribution is 0.0778. The first kappa shape index (κ1) is 20.4. The van der Waals surface area contributed by atoms with E-state index in [1.165, 1.54) is 12.8 Å². The number of methoxy groups -OCH3 is 1. The molecule has 0 aromatic heterocycles. The van der Waals surface area contributed by atoms with E-state index in [1.54, 1.807) is 7.11 Å². The van der Waals surface area contributed by atoms with Crippen LogP contribution in [-0.4, -0.2) is 36.5 Å². The topological polar surface area (TPSA) is 41.6 Å². The fourth-order valence-corrected chi connectivity index (χ4v) is 4.26. The number of amides is 1. The van der Waals surface area contributed by atoms with Crippen molar-refractivity contribution < 1.29 is 9.53 Å². The summed E-state index contributed by atoms with van der Waals surface area (Å²) < 4.78 is 5.39. The minimum absolute atomic E-state index is 0.0376. The number of benzene rings is 2. The third-order valence-electron chi connectivity index (χ3n) is 6.24. The molecule has 2 aromatic carbocycles. The van der Waals surface area contributed by atoms with Gasteiger partial charge in [-0.2, -0.15) is 0 Å². The Morgan fingerprint density at radius 3 is 2.29 bits per heavy atom. The van der Waals surface area contributed by atoms with Crippen molar-refractivity contribution in [3.8, 4) is 5.75 Å². The van der Waals surface area contributed by atoms with Gasteiger partial charge in [0.05, 0.1) is 13.2 Å². The SMILES string of the molecule is COc1ccc(C(=O)NC(c2ccccc2)C(C)(C)N2CCCC2)c(C)c1C. The maximum absolute atomic E-state index is 13.3. The Morgan fingerprint density at radius 1 is 1.04 bits per heavy atom. The molecule has 1 aliphatic heterocycles. The molecule has 1 aliphatic rings. The van der Waals surface area contributed by atoms with Crippen LogP contribution in [0.25, 0.3) is 0 Å². The molecule has 1 fully saturated rings. The van der Waals surface area contributed by atoms with Gasteiger partial charge in [0.15, 0.2) is 0 Å². The van der Waals surface area contributed by atoms with Gasteiger partial charge in [0, 0.05) is 11.1 Å². The Labute approximate surface area is 168 Å². The summed E-state index contributed by atoms with van der Waals surface area (Å²) in [5, 5.41) is 3.35. The number of likely N-dealkylation sites (tertiary alicyclic amines) is 1. The second-order valence-electron chi connectivity index (χ2n) is 8.23. The third-order valence-corrected chi connectivity index (χ3v) is 6.24. The first-order chi connectivity index (χ1) is 13.4. The van der Waals surface area contributed by atoms with Gasteiger partial charge in [-0.3, -0.25) is 9.69 Å². The first-order valence-electron chi connectivity index (χ1n) is 10.1. The van der Waals surface area contributed by atoms with Crippen LogP contribution in [-0.2, 0) is 0 Å². The van der Waals surface area contributed by atoms with Gasteiger partial charge < -0.3 is 10.1 Å². The molecule has 3 rings (SSSR count). The van der Waals surface area contributed by atoms with Gasteiger partial charge in [-0.05, 0) is 82.4 Å². The van der Waals surface area contributed by atoms with Crippen LogP contribution in [0.3, 0.4) is 0 Å². The molecule has 1 amide bonds. The van der Waals surface area contributed by atoms with E-state index in [1.807, 2.05) is 44.2 Å². The van der Waals surface area contributed by atoms with Crippen molar-refractivity contribution in [1.82, 2.24) is 10.2 Å². The van der Waals surface area contributed by atoms with Crippen molar-refractivity contribution >= 4 is 5.91 Å². The average Bonchev–Trinajstić information content (AvgIpc) is 3.24. The predicted octanol–water partition coefficient (Wildman–Crippen LogP) is 4.66. The molecule has 4 heteroatoms. The molecular formula is C24H32N2O2. The van der Waals surface area contributed by atoms with Crippen LogP contribution in [0.5, 0.6) is 5.75 Å². The lowest BCUT2D eigenvalue weighted by atomic mass is 9.86. The Morgan fingerprint density at radius 2 is 1.68 bits per heavy atom. The van der Waals surface area contributed by atoms with Crippen molar-refractivity contribution in [3.05, 3.63) is 64.7 Å². The molecule has 150 valence electrons. The molecule has 1 saturated heterocycles. The van der Waals surface area contributed by atoms with Crippen LogP contribution in [0.1, 0.15) is 59.8 Å². The summed E-state index contributed by atoms with van der Waals surface area (Å²) in [6, 6.07) is 13.9. The monoisotopic (exact) mass is 380 g/mol. The number of nitrogens with zero attached hydrogens (tertiary/aromatic N) is 1. The van der Waals surface area contributed by atoms with E-state index in [-0.39, 0.29) is 17.5 Å². The number of hydrogen-bond donors (Lipinski definition) is 1. The average molecular weight is 381 g/mol. The maximum Gasteiger partial charge on any atom is 0.252 e. The molecule has 28 heavy (non-hydrogen) atoms. The second kappa shape index (κ2) is 8.36. The van der Waals surface area contributed by atoms with Crippen molar-refractivity contribution in [3.63, 3.8) is 0 Å². The number of ether oxygens (including phenoxy) is 1. The van der Waals surface area contributed by atoms with E-state index in [9.17, 15) is 4.79 Å². The Kier molecular flexibility index (Phi) is 6.09. The van der Waals surface area contributed by atoms with Gasteiger partial charge in [-0.25, -0.2) is 0 Å². The van der Waals surface area contributed by atoms with Crippen molar-refractivity contribution in [1.29, 1.82) is 0 Å². The highest BCUT2D eigenvalue weighted by Crippen LogP contribution is 2.34. The minimum Gasteiger partial charge on any atom is -0.496 e. The molecule has 0 radical (unpaired) electrons. The standard InChI is InChI=1S/C24H32N2O2/c1-17-18(2)21(28-5)14-13-20(17)23(27)25-22(19-11-7-6-8-12-19)24(3,4)26-15-9-10-16-26/h6-8,11-14,22H,9-10,15-16H2,1-5H3,(H,25,27). The van der Waals surface area contributed by atoms with Gasteiger partial charge in [-0.1, -0.05) is 30.3 Å². The van der Waals surface area contributed by atoms with Crippen molar-refractivity contribution in [2.75, 3.05) is 20.2 Å². The summed E-state index contributed by atoms with van der Waals surface area (Å²) in [7, 11) is 1.66. The first-order valence-corrected chi connectivity index (χ1v) is 10.1. The van der Waals surface area contributed by atoms with Gasteiger partial charge in [-0.15, -0.1) is 0 Å². The van der Waals surface area contributed by atoms with Crippen LogP contribution >= 0.6 is 0 Å². The quantitative estimate of drug-likeness (QED) is 0.793. The van der Waals surface area contributed by atoms with Crippen LogP contribution in [0, 0.1) is 13.8 Å². The number of carbonyl (C=O) groups excluding carboxylic acids is 1. The zero-order valence-corrected chi connectivity index (χ0v) is 17.7. The number of hydrogen-bond acceptors (Lipinski definition) is 3. The smallest absolute Gasteiger partial charge is 0.252 e. The largest absolute Gasteiger partial charge is 0.496 e. The maximum atomic E-state index is 13.3. The molecule has 0 aliphatic carbocycles. The van der Waals surface area contributed by atoms with Crippen molar-refractivity contribution in [2.45, 2.75) is 52.1 Å². The van der Waals surface area contributed by atoms with Crippen molar-refractivity contribution in [2.24, 2.45) is 0 Å². The van der Waals surface area contributed by atoms with E-state index in [2.05, 4.69) is 36.2 Å². The highest BCUT2D eigenvalue weighted by molar-refractivity contribution is 5.96. The lowest BCUT2D eigenvalue weighted by Gasteiger charge is -2.42. The molecule has 0 bridgehead atoms. The molecule has 0 spiro atoms. The Hall–Kier alpha value is -2.33. The summed E-state index contributed by atoms with van der Waals surface area (Å²) in [5.41, 5.74) is 3.63. The van der Waals surface area contributed by atoms with E-state index < -0.39 is 0 Å². The molecule has 1 heterocycles. The van der Waals surface area contributed by atoms with E-state index in [0.29, 0.717) is 5.56 Å². The highest BCUT2D eigenvalue weighted by Gasteiger charge is 2.38. The third kappa shape index (κ3) is 3.93. The van der Waals surface area contributed by atoms with Crippen LogP contribution < -0.4 is 10.1 Å². The van der Waals surface area contributed by atoms with E-state index in [0.717, 1.165) is 35.5 Å². The molecule has 1 atom stereocenters. The summed E-state index contributed by atoms with van der Waals surface area (Å²) >= 11 is 0. The van der Waals surface area contributed by atoms with Gasteiger partial charge >= 0.3 is 0 Å². The number of rotatable bonds is 6.